The first-order chi connectivity index (χ1) is 6.70. The maximum absolute atomic E-state index is 9.57. The van der Waals surface area contributed by atoms with Crippen molar-refractivity contribution in [3.63, 3.8) is 0 Å². The molecule has 2 atom stereocenters. The maximum atomic E-state index is 9.57. The Morgan fingerprint density at radius 2 is 2.29 bits per heavy atom. The van der Waals surface area contributed by atoms with Crippen LogP contribution in [0.25, 0.3) is 0 Å². The first kappa shape index (κ1) is 10.3. The highest BCUT2D eigenvalue weighted by Crippen LogP contribution is 2.28. The summed E-state index contributed by atoms with van der Waals surface area (Å²) in [5.41, 5.74) is 0. The highest BCUT2D eigenvalue weighted by molar-refractivity contribution is 9.11. The molecule has 0 spiro atoms. The fourth-order valence-corrected chi connectivity index (χ4v) is 2.62. The SMILES string of the molecule is OCC1CN(c2nnc(Br)s2)CC1O. The van der Waals surface area contributed by atoms with Crippen LogP contribution in [0.2, 0.25) is 0 Å². The van der Waals surface area contributed by atoms with Crippen LogP contribution in [-0.4, -0.2) is 46.2 Å². The minimum Gasteiger partial charge on any atom is -0.396 e. The van der Waals surface area contributed by atoms with Crippen LogP contribution in [0.15, 0.2) is 3.92 Å². The molecule has 78 valence electrons. The zero-order chi connectivity index (χ0) is 10.1. The van der Waals surface area contributed by atoms with Gasteiger partial charge in [0.05, 0.1) is 12.7 Å². The Labute approximate surface area is 93.5 Å². The number of anilines is 1. The Hall–Kier alpha value is -0.240. The van der Waals surface area contributed by atoms with Gasteiger partial charge < -0.3 is 15.1 Å². The van der Waals surface area contributed by atoms with Crippen molar-refractivity contribution < 1.29 is 10.2 Å². The Kier molecular flexibility index (Phi) is 3.01. The molecule has 1 fully saturated rings. The summed E-state index contributed by atoms with van der Waals surface area (Å²) in [6, 6.07) is 0. The van der Waals surface area contributed by atoms with E-state index in [2.05, 4.69) is 26.1 Å². The number of aliphatic hydroxyl groups excluding tert-OH is 2. The minimum absolute atomic E-state index is 0.0115. The molecule has 1 aliphatic heterocycles. The molecule has 0 radical (unpaired) electrons. The van der Waals surface area contributed by atoms with Gasteiger partial charge in [-0.15, -0.1) is 10.2 Å². The van der Waals surface area contributed by atoms with Gasteiger partial charge in [0.2, 0.25) is 5.13 Å². The molecule has 1 aliphatic rings. The topological polar surface area (TPSA) is 69.5 Å². The number of nitrogens with zero attached hydrogens (tertiary/aromatic N) is 3. The highest BCUT2D eigenvalue weighted by Gasteiger charge is 2.32. The van der Waals surface area contributed by atoms with Crippen molar-refractivity contribution in [2.45, 2.75) is 6.10 Å². The van der Waals surface area contributed by atoms with Crippen molar-refractivity contribution in [3.05, 3.63) is 3.92 Å². The molecule has 2 heterocycles. The van der Waals surface area contributed by atoms with Crippen molar-refractivity contribution in [1.29, 1.82) is 0 Å². The first-order valence-electron chi connectivity index (χ1n) is 4.23. The van der Waals surface area contributed by atoms with Crippen LogP contribution in [0.3, 0.4) is 0 Å². The molecule has 2 rings (SSSR count). The second-order valence-electron chi connectivity index (χ2n) is 3.25. The largest absolute Gasteiger partial charge is 0.396 e. The second-order valence-corrected chi connectivity index (χ2v) is 5.48. The summed E-state index contributed by atoms with van der Waals surface area (Å²) >= 11 is 4.66. The molecule has 2 unspecified atom stereocenters. The number of hydrogen-bond donors (Lipinski definition) is 2. The molecule has 1 aromatic rings. The van der Waals surface area contributed by atoms with E-state index in [1.165, 1.54) is 11.3 Å². The molecule has 0 bridgehead atoms. The highest BCUT2D eigenvalue weighted by atomic mass is 79.9. The molecule has 14 heavy (non-hydrogen) atoms. The van der Waals surface area contributed by atoms with E-state index < -0.39 is 6.10 Å². The fraction of sp³-hybridized carbons (Fsp3) is 0.714. The van der Waals surface area contributed by atoms with Crippen LogP contribution < -0.4 is 4.90 Å². The molecular weight excluding hydrogens is 270 g/mol. The molecule has 1 aromatic heterocycles. The summed E-state index contributed by atoms with van der Waals surface area (Å²) in [5, 5.41) is 27.1. The summed E-state index contributed by atoms with van der Waals surface area (Å²) in [6.45, 7) is 1.17. The van der Waals surface area contributed by atoms with Crippen molar-refractivity contribution in [2.75, 3.05) is 24.6 Å². The zero-order valence-electron chi connectivity index (χ0n) is 7.30. The van der Waals surface area contributed by atoms with Gasteiger partial charge in [-0.05, 0) is 15.9 Å². The molecule has 0 aliphatic carbocycles. The zero-order valence-corrected chi connectivity index (χ0v) is 9.70. The van der Waals surface area contributed by atoms with E-state index in [9.17, 15) is 5.11 Å². The molecule has 0 amide bonds. The smallest absolute Gasteiger partial charge is 0.209 e. The third kappa shape index (κ3) is 1.90. The van der Waals surface area contributed by atoms with E-state index >= 15 is 0 Å². The first-order valence-corrected chi connectivity index (χ1v) is 5.84. The average Bonchev–Trinajstić information content (AvgIpc) is 2.71. The molecule has 7 heteroatoms. The summed E-state index contributed by atoms with van der Waals surface area (Å²) in [7, 11) is 0. The lowest BCUT2D eigenvalue weighted by Crippen LogP contribution is -2.21. The molecule has 5 nitrogen and oxygen atoms in total. The lowest BCUT2D eigenvalue weighted by molar-refractivity contribution is 0.104. The van der Waals surface area contributed by atoms with Crippen molar-refractivity contribution >= 4 is 32.4 Å². The normalized spacial score (nSPS) is 27.2. The van der Waals surface area contributed by atoms with Gasteiger partial charge in [-0.1, -0.05) is 11.3 Å². The molecule has 2 N–H and O–H groups in total. The summed E-state index contributed by atoms with van der Waals surface area (Å²) in [5.74, 6) is -0.0716. The fourth-order valence-electron chi connectivity index (χ4n) is 1.52. The van der Waals surface area contributed by atoms with E-state index in [0.29, 0.717) is 13.1 Å². The van der Waals surface area contributed by atoms with Gasteiger partial charge in [0.25, 0.3) is 0 Å². The van der Waals surface area contributed by atoms with Gasteiger partial charge in [0, 0.05) is 19.0 Å². The van der Waals surface area contributed by atoms with Gasteiger partial charge in [0.1, 0.15) is 0 Å². The van der Waals surface area contributed by atoms with E-state index in [4.69, 9.17) is 5.11 Å². The average molecular weight is 280 g/mol. The van der Waals surface area contributed by atoms with E-state index in [0.717, 1.165) is 9.05 Å². The van der Waals surface area contributed by atoms with Crippen LogP contribution in [-0.2, 0) is 0 Å². The number of aromatic nitrogens is 2. The molecular formula is C7H10BrN3O2S. The number of β-amino-alcohol motifs (C(OH)–C–C–N with tert-alkyl or cyclic N) is 1. The van der Waals surface area contributed by atoms with Crippen molar-refractivity contribution in [2.24, 2.45) is 5.92 Å². The molecule has 0 saturated carbocycles. The monoisotopic (exact) mass is 279 g/mol. The third-order valence-corrected chi connectivity index (χ3v) is 3.72. The van der Waals surface area contributed by atoms with E-state index in [-0.39, 0.29) is 12.5 Å². The van der Waals surface area contributed by atoms with Gasteiger partial charge in [-0.3, -0.25) is 0 Å². The van der Waals surface area contributed by atoms with Crippen LogP contribution in [0.1, 0.15) is 0 Å². The lowest BCUT2D eigenvalue weighted by atomic mass is 10.1. The Morgan fingerprint density at radius 3 is 2.79 bits per heavy atom. The second kappa shape index (κ2) is 4.09. The Balaban J connectivity index is 2.08. The standard InChI is InChI=1S/C7H10BrN3O2S/c8-6-9-10-7(14-6)11-1-4(3-12)5(13)2-11/h4-5,12-13H,1-3H2. The number of halogens is 1. The van der Waals surface area contributed by atoms with Crippen LogP contribution in [0, 0.1) is 5.92 Å². The minimum atomic E-state index is -0.470. The number of aliphatic hydroxyl groups is 2. The van der Waals surface area contributed by atoms with Gasteiger partial charge in [-0.25, -0.2) is 0 Å². The van der Waals surface area contributed by atoms with Crippen molar-refractivity contribution in [3.8, 4) is 0 Å². The van der Waals surface area contributed by atoms with Gasteiger partial charge in [0.15, 0.2) is 3.92 Å². The van der Waals surface area contributed by atoms with Gasteiger partial charge in [-0.2, -0.15) is 0 Å². The van der Waals surface area contributed by atoms with E-state index in [1.807, 2.05) is 4.90 Å². The summed E-state index contributed by atoms with van der Waals surface area (Å²) in [4.78, 5) is 1.94. The van der Waals surface area contributed by atoms with Crippen LogP contribution in [0.4, 0.5) is 5.13 Å². The molecule has 1 saturated heterocycles. The Bertz CT molecular complexity index is 322. The summed E-state index contributed by atoms with van der Waals surface area (Å²) in [6.07, 6.45) is -0.470. The maximum Gasteiger partial charge on any atom is 0.209 e. The quantitative estimate of drug-likeness (QED) is 0.803. The Morgan fingerprint density at radius 1 is 1.50 bits per heavy atom. The van der Waals surface area contributed by atoms with Gasteiger partial charge >= 0.3 is 0 Å². The number of hydrogen-bond acceptors (Lipinski definition) is 6. The van der Waals surface area contributed by atoms with Crippen LogP contribution >= 0.6 is 27.3 Å². The molecule has 0 aromatic carbocycles. The summed E-state index contributed by atoms with van der Waals surface area (Å²) < 4.78 is 0.731. The van der Waals surface area contributed by atoms with Crippen LogP contribution in [0.5, 0.6) is 0 Å². The third-order valence-electron chi connectivity index (χ3n) is 2.30. The number of rotatable bonds is 2. The van der Waals surface area contributed by atoms with Crippen molar-refractivity contribution in [1.82, 2.24) is 10.2 Å². The van der Waals surface area contributed by atoms with E-state index in [1.54, 1.807) is 0 Å². The lowest BCUT2D eigenvalue weighted by Gasteiger charge is -2.12. The predicted octanol–water partition coefficient (Wildman–Crippen LogP) is 0.0900. The predicted molar refractivity (Wildman–Crippen MR) is 56.4 cm³/mol.